The van der Waals surface area contributed by atoms with Crippen molar-refractivity contribution in [1.29, 1.82) is 0 Å². The number of pyridine rings is 1. The molecule has 0 saturated heterocycles. The van der Waals surface area contributed by atoms with Crippen molar-refractivity contribution in [2.24, 2.45) is 0 Å². The minimum absolute atomic E-state index is 0.0368. The van der Waals surface area contributed by atoms with Crippen LogP contribution in [0, 0.1) is 6.92 Å². The average Bonchev–Trinajstić information content (AvgIpc) is 2.92. The molecule has 1 aromatic carbocycles. The monoisotopic (exact) mass is 294 g/mol. The summed E-state index contributed by atoms with van der Waals surface area (Å²) in [5.41, 5.74) is 8.54. The summed E-state index contributed by atoms with van der Waals surface area (Å²) >= 11 is 0. The van der Waals surface area contributed by atoms with Crippen LogP contribution in [0.3, 0.4) is 0 Å². The number of rotatable bonds is 3. The summed E-state index contributed by atoms with van der Waals surface area (Å²) in [5, 5.41) is 6.62. The van der Waals surface area contributed by atoms with Gasteiger partial charge in [-0.15, -0.1) is 0 Å². The molecule has 0 aliphatic rings. The standard InChI is InChI=1S/C16H14N4O2/c1-10-5-7-11(8-6-10)19-16(21)13-14(20-22-15(13)17)12-4-2-3-9-18-12/h2-9H,17H2,1H3,(H,19,21). The smallest absolute Gasteiger partial charge is 0.263 e. The van der Waals surface area contributed by atoms with E-state index in [1.165, 1.54) is 0 Å². The van der Waals surface area contributed by atoms with Gasteiger partial charge in [0.2, 0.25) is 5.88 Å². The first kappa shape index (κ1) is 13.8. The molecule has 0 aliphatic carbocycles. The fraction of sp³-hybridized carbons (Fsp3) is 0.0625. The first-order valence-electron chi connectivity index (χ1n) is 6.69. The first-order chi connectivity index (χ1) is 10.6. The minimum Gasteiger partial charge on any atom is -0.367 e. The summed E-state index contributed by atoms with van der Waals surface area (Å²) in [6, 6.07) is 12.8. The lowest BCUT2D eigenvalue weighted by Gasteiger charge is -2.05. The Bertz CT molecular complexity index is 795. The maximum Gasteiger partial charge on any atom is 0.263 e. The van der Waals surface area contributed by atoms with E-state index >= 15 is 0 Å². The molecule has 0 saturated carbocycles. The predicted octanol–water partition coefficient (Wildman–Crippen LogP) is 2.88. The van der Waals surface area contributed by atoms with Gasteiger partial charge in [0.1, 0.15) is 11.3 Å². The number of benzene rings is 1. The predicted molar refractivity (Wildman–Crippen MR) is 83.3 cm³/mol. The van der Waals surface area contributed by atoms with Crippen LogP contribution in [0.25, 0.3) is 11.4 Å². The number of anilines is 2. The van der Waals surface area contributed by atoms with Crippen LogP contribution in [0.5, 0.6) is 0 Å². The summed E-state index contributed by atoms with van der Waals surface area (Å²) < 4.78 is 4.95. The third-order valence-electron chi connectivity index (χ3n) is 3.16. The van der Waals surface area contributed by atoms with Crippen LogP contribution in [-0.4, -0.2) is 16.0 Å². The Labute approximate surface area is 127 Å². The highest BCUT2D eigenvalue weighted by molar-refractivity contribution is 6.10. The fourth-order valence-electron chi connectivity index (χ4n) is 2.03. The zero-order chi connectivity index (χ0) is 15.5. The third-order valence-corrected chi connectivity index (χ3v) is 3.16. The van der Waals surface area contributed by atoms with Crippen LogP contribution in [0.1, 0.15) is 15.9 Å². The number of nitrogens with zero attached hydrogens (tertiary/aromatic N) is 2. The third kappa shape index (κ3) is 2.67. The summed E-state index contributed by atoms with van der Waals surface area (Å²) in [5.74, 6) is -0.423. The molecule has 0 bridgehead atoms. The number of nitrogens with two attached hydrogens (primary N) is 1. The quantitative estimate of drug-likeness (QED) is 0.774. The summed E-state index contributed by atoms with van der Waals surface area (Å²) in [6.07, 6.45) is 1.61. The van der Waals surface area contributed by atoms with Gasteiger partial charge in [-0.05, 0) is 31.2 Å². The van der Waals surface area contributed by atoms with Gasteiger partial charge in [-0.2, -0.15) is 0 Å². The minimum atomic E-state index is -0.386. The Hall–Kier alpha value is -3.15. The van der Waals surface area contributed by atoms with Gasteiger partial charge in [0, 0.05) is 11.9 Å². The second-order valence-electron chi connectivity index (χ2n) is 4.81. The van der Waals surface area contributed by atoms with Gasteiger partial charge in [-0.1, -0.05) is 28.9 Å². The van der Waals surface area contributed by atoms with E-state index in [-0.39, 0.29) is 17.4 Å². The molecule has 0 aliphatic heterocycles. The molecule has 3 N–H and O–H groups in total. The lowest BCUT2D eigenvalue weighted by Crippen LogP contribution is -2.14. The maximum absolute atomic E-state index is 12.5. The molecule has 0 spiro atoms. The largest absolute Gasteiger partial charge is 0.367 e. The first-order valence-corrected chi connectivity index (χ1v) is 6.69. The Morgan fingerprint density at radius 1 is 1.18 bits per heavy atom. The number of nitrogens with one attached hydrogen (secondary N) is 1. The van der Waals surface area contributed by atoms with E-state index in [2.05, 4.69) is 15.5 Å². The van der Waals surface area contributed by atoms with E-state index in [0.29, 0.717) is 17.1 Å². The van der Waals surface area contributed by atoms with Crippen LogP contribution in [0.15, 0.2) is 53.2 Å². The van der Waals surface area contributed by atoms with Crippen molar-refractivity contribution in [3.63, 3.8) is 0 Å². The second-order valence-corrected chi connectivity index (χ2v) is 4.81. The summed E-state index contributed by atoms with van der Waals surface area (Å²) in [6.45, 7) is 1.97. The van der Waals surface area contributed by atoms with E-state index in [1.807, 2.05) is 31.2 Å². The summed E-state index contributed by atoms with van der Waals surface area (Å²) in [7, 11) is 0. The molecule has 6 heteroatoms. The second kappa shape index (κ2) is 5.69. The number of carbonyl (C=O) groups excluding carboxylic acids is 1. The lowest BCUT2D eigenvalue weighted by atomic mass is 10.1. The van der Waals surface area contributed by atoms with E-state index < -0.39 is 0 Å². The fourth-order valence-corrected chi connectivity index (χ4v) is 2.03. The van der Waals surface area contributed by atoms with Crippen LogP contribution >= 0.6 is 0 Å². The molecule has 0 radical (unpaired) electrons. The van der Waals surface area contributed by atoms with E-state index in [0.717, 1.165) is 5.56 Å². The zero-order valence-corrected chi connectivity index (χ0v) is 11.9. The Morgan fingerprint density at radius 2 is 1.95 bits per heavy atom. The average molecular weight is 294 g/mol. The van der Waals surface area contributed by atoms with Crippen LogP contribution in [0.4, 0.5) is 11.6 Å². The highest BCUT2D eigenvalue weighted by atomic mass is 16.5. The Morgan fingerprint density at radius 3 is 2.64 bits per heavy atom. The number of aryl methyl sites for hydroxylation is 1. The Balaban J connectivity index is 1.93. The maximum atomic E-state index is 12.5. The van der Waals surface area contributed by atoms with Gasteiger partial charge >= 0.3 is 0 Å². The Kier molecular flexibility index (Phi) is 3.57. The molecule has 3 aromatic rings. The molecule has 110 valence electrons. The van der Waals surface area contributed by atoms with Crippen molar-refractivity contribution in [3.8, 4) is 11.4 Å². The normalized spacial score (nSPS) is 10.4. The van der Waals surface area contributed by atoms with Crippen LogP contribution < -0.4 is 11.1 Å². The molecule has 2 heterocycles. The molecular formula is C16H14N4O2. The van der Waals surface area contributed by atoms with Gasteiger partial charge in [-0.3, -0.25) is 9.78 Å². The molecule has 0 unspecified atom stereocenters. The highest BCUT2D eigenvalue weighted by Gasteiger charge is 2.23. The molecule has 6 nitrogen and oxygen atoms in total. The number of hydrogen-bond acceptors (Lipinski definition) is 5. The summed E-state index contributed by atoms with van der Waals surface area (Å²) in [4.78, 5) is 16.6. The van der Waals surface area contributed by atoms with E-state index in [9.17, 15) is 4.79 Å². The van der Waals surface area contributed by atoms with Crippen molar-refractivity contribution in [3.05, 3.63) is 59.8 Å². The topological polar surface area (TPSA) is 94.0 Å². The lowest BCUT2D eigenvalue weighted by molar-refractivity contribution is 0.102. The van der Waals surface area contributed by atoms with Gasteiger partial charge in [0.05, 0.1) is 5.69 Å². The molecule has 0 atom stereocenters. The van der Waals surface area contributed by atoms with E-state index in [1.54, 1.807) is 24.4 Å². The molecule has 1 amide bonds. The highest BCUT2D eigenvalue weighted by Crippen LogP contribution is 2.26. The molecule has 2 aromatic heterocycles. The van der Waals surface area contributed by atoms with E-state index in [4.69, 9.17) is 10.3 Å². The molecule has 3 rings (SSSR count). The molecule has 22 heavy (non-hydrogen) atoms. The van der Waals surface area contributed by atoms with Crippen molar-refractivity contribution < 1.29 is 9.32 Å². The van der Waals surface area contributed by atoms with Crippen molar-refractivity contribution in [1.82, 2.24) is 10.1 Å². The van der Waals surface area contributed by atoms with Crippen molar-refractivity contribution >= 4 is 17.5 Å². The van der Waals surface area contributed by atoms with Crippen molar-refractivity contribution in [2.75, 3.05) is 11.1 Å². The number of carbonyl (C=O) groups is 1. The number of nitrogen functional groups attached to an aromatic ring is 1. The van der Waals surface area contributed by atoms with Gasteiger partial charge < -0.3 is 15.6 Å². The zero-order valence-electron chi connectivity index (χ0n) is 11.9. The molecule has 0 fully saturated rings. The van der Waals surface area contributed by atoms with Gasteiger partial charge in [0.25, 0.3) is 5.91 Å². The number of hydrogen-bond donors (Lipinski definition) is 2. The SMILES string of the molecule is Cc1ccc(NC(=O)c2c(-c3ccccn3)noc2N)cc1. The van der Waals surface area contributed by atoms with Crippen LogP contribution in [0.2, 0.25) is 0 Å². The molecular weight excluding hydrogens is 280 g/mol. The van der Waals surface area contributed by atoms with Gasteiger partial charge in [0.15, 0.2) is 0 Å². The number of amides is 1. The van der Waals surface area contributed by atoms with Crippen molar-refractivity contribution in [2.45, 2.75) is 6.92 Å². The van der Waals surface area contributed by atoms with Crippen LogP contribution in [-0.2, 0) is 0 Å². The van der Waals surface area contributed by atoms with Gasteiger partial charge in [-0.25, -0.2) is 0 Å². The number of aromatic nitrogens is 2.